The second-order valence-electron chi connectivity index (χ2n) is 7.21. The SMILES string of the molecule is COc1cc(/C=C2\SC(N3CCN(c4ccccc4)CC3)=NC2=O)ccc1OCC(=O)O. The number of piperazine rings is 1. The molecule has 0 aromatic heterocycles. The van der Waals surface area contributed by atoms with E-state index in [2.05, 4.69) is 26.9 Å². The zero-order valence-electron chi connectivity index (χ0n) is 17.6. The third-order valence-electron chi connectivity index (χ3n) is 5.12. The van der Waals surface area contributed by atoms with Crippen LogP contribution in [-0.2, 0) is 9.59 Å². The van der Waals surface area contributed by atoms with Gasteiger partial charge in [-0.2, -0.15) is 4.99 Å². The Kier molecular flexibility index (Phi) is 6.65. The van der Waals surface area contributed by atoms with Gasteiger partial charge in [-0.05, 0) is 47.7 Å². The Labute approximate surface area is 190 Å². The number of carboxylic acids is 1. The minimum Gasteiger partial charge on any atom is -0.493 e. The molecule has 0 spiro atoms. The quantitative estimate of drug-likeness (QED) is 0.668. The van der Waals surface area contributed by atoms with Crippen molar-refractivity contribution in [1.82, 2.24) is 4.90 Å². The second-order valence-corrected chi connectivity index (χ2v) is 8.22. The second kappa shape index (κ2) is 9.78. The highest BCUT2D eigenvalue weighted by molar-refractivity contribution is 8.18. The average Bonchev–Trinajstić information content (AvgIpc) is 3.18. The lowest BCUT2D eigenvalue weighted by atomic mass is 10.2. The number of benzene rings is 2. The Morgan fingerprint density at radius 3 is 2.50 bits per heavy atom. The summed E-state index contributed by atoms with van der Waals surface area (Å²) in [4.78, 5) is 32.5. The highest BCUT2D eigenvalue weighted by Crippen LogP contribution is 2.33. The number of amides is 1. The standard InChI is InChI=1S/C23H23N3O5S/c1-30-19-13-16(7-8-18(19)31-15-21(27)28)14-20-22(29)24-23(32-20)26-11-9-25(10-12-26)17-5-3-2-4-6-17/h2-8,13-14H,9-12,15H2,1H3,(H,27,28)/b20-14-. The van der Waals surface area contributed by atoms with Crippen molar-refractivity contribution in [3.8, 4) is 11.5 Å². The van der Waals surface area contributed by atoms with Crippen LogP contribution in [0.4, 0.5) is 5.69 Å². The molecule has 1 fully saturated rings. The molecule has 32 heavy (non-hydrogen) atoms. The first-order chi connectivity index (χ1) is 15.5. The van der Waals surface area contributed by atoms with Gasteiger partial charge in [-0.15, -0.1) is 0 Å². The summed E-state index contributed by atoms with van der Waals surface area (Å²) in [6.45, 7) is 2.87. The monoisotopic (exact) mass is 453 g/mol. The molecule has 0 unspecified atom stereocenters. The van der Waals surface area contributed by atoms with Crippen molar-refractivity contribution in [2.24, 2.45) is 4.99 Å². The number of thioether (sulfide) groups is 1. The topological polar surface area (TPSA) is 91.7 Å². The summed E-state index contributed by atoms with van der Waals surface area (Å²) in [6, 6.07) is 15.4. The summed E-state index contributed by atoms with van der Waals surface area (Å²) >= 11 is 1.37. The van der Waals surface area contributed by atoms with Gasteiger partial charge in [-0.3, -0.25) is 4.79 Å². The lowest BCUT2D eigenvalue weighted by Crippen LogP contribution is -2.47. The van der Waals surface area contributed by atoms with Crippen LogP contribution >= 0.6 is 11.8 Å². The van der Waals surface area contributed by atoms with Gasteiger partial charge in [0.1, 0.15) is 0 Å². The fraction of sp³-hybridized carbons (Fsp3) is 0.261. The van der Waals surface area contributed by atoms with Crippen molar-refractivity contribution >= 4 is 40.6 Å². The van der Waals surface area contributed by atoms with E-state index in [9.17, 15) is 9.59 Å². The largest absolute Gasteiger partial charge is 0.493 e. The maximum absolute atomic E-state index is 12.5. The van der Waals surface area contributed by atoms with Gasteiger partial charge in [0.05, 0.1) is 12.0 Å². The fourth-order valence-electron chi connectivity index (χ4n) is 3.51. The minimum atomic E-state index is -1.07. The van der Waals surface area contributed by atoms with Crippen molar-refractivity contribution < 1.29 is 24.2 Å². The van der Waals surface area contributed by atoms with E-state index in [4.69, 9.17) is 14.6 Å². The van der Waals surface area contributed by atoms with Crippen LogP contribution in [-0.4, -0.2) is 66.9 Å². The van der Waals surface area contributed by atoms with Crippen LogP contribution < -0.4 is 14.4 Å². The van der Waals surface area contributed by atoms with Crippen molar-refractivity contribution in [3.05, 3.63) is 59.0 Å². The number of carbonyl (C=O) groups is 2. The first-order valence-corrected chi connectivity index (χ1v) is 11.0. The zero-order chi connectivity index (χ0) is 22.5. The molecule has 4 rings (SSSR count). The van der Waals surface area contributed by atoms with Crippen LogP contribution in [0.25, 0.3) is 6.08 Å². The predicted molar refractivity (Wildman–Crippen MR) is 124 cm³/mol. The van der Waals surface area contributed by atoms with Gasteiger partial charge < -0.3 is 24.4 Å². The first-order valence-electron chi connectivity index (χ1n) is 10.1. The van der Waals surface area contributed by atoms with Gasteiger partial charge >= 0.3 is 5.97 Å². The van der Waals surface area contributed by atoms with Gasteiger partial charge in [0.15, 0.2) is 23.3 Å². The summed E-state index contributed by atoms with van der Waals surface area (Å²) in [5.74, 6) is -0.606. The number of nitrogens with zero attached hydrogens (tertiary/aromatic N) is 3. The van der Waals surface area contributed by atoms with Crippen LogP contribution in [0.5, 0.6) is 11.5 Å². The number of anilines is 1. The van der Waals surface area contributed by atoms with E-state index >= 15 is 0 Å². The van der Waals surface area contributed by atoms with Crippen LogP contribution in [0.3, 0.4) is 0 Å². The van der Waals surface area contributed by atoms with E-state index in [1.807, 2.05) is 18.2 Å². The molecule has 0 bridgehead atoms. The Morgan fingerprint density at radius 2 is 1.81 bits per heavy atom. The normalized spacial score (nSPS) is 17.5. The lowest BCUT2D eigenvalue weighted by Gasteiger charge is -2.36. The maximum Gasteiger partial charge on any atom is 0.341 e. The molecule has 166 valence electrons. The lowest BCUT2D eigenvalue weighted by molar-refractivity contribution is -0.139. The molecule has 0 aliphatic carbocycles. The number of methoxy groups -OCH3 is 1. The van der Waals surface area contributed by atoms with Gasteiger partial charge in [-0.25, -0.2) is 4.79 Å². The van der Waals surface area contributed by atoms with Gasteiger partial charge in [0.25, 0.3) is 5.91 Å². The molecule has 0 saturated carbocycles. The Bertz CT molecular complexity index is 1060. The number of rotatable bonds is 6. The number of carbonyl (C=O) groups excluding carboxylic acids is 1. The van der Waals surface area contributed by atoms with Crippen molar-refractivity contribution in [1.29, 1.82) is 0 Å². The Hall–Kier alpha value is -3.46. The summed E-state index contributed by atoms with van der Waals surface area (Å²) in [5, 5.41) is 9.51. The number of ether oxygens (including phenoxy) is 2. The molecular formula is C23H23N3O5S. The average molecular weight is 454 g/mol. The summed E-state index contributed by atoms with van der Waals surface area (Å²) in [5.41, 5.74) is 1.94. The molecule has 0 atom stereocenters. The number of carboxylic acid groups (broad SMARTS) is 1. The molecule has 8 nitrogen and oxygen atoms in total. The molecule has 1 saturated heterocycles. The number of amidine groups is 1. The number of hydrogen-bond acceptors (Lipinski definition) is 7. The summed E-state index contributed by atoms with van der Waals surface area (Å²) < 4.78 is 10.5. The number of para-hydroxylation sites is 1. The van der Waals surface area contributed by atoms with Crippen LogP contribution in [0.2, 0.25) is 0 Å². The van der Waals surface area contributed by atoms with E-state index in [1.54, 1.807) is 24.3 Å². The molecule has 2 heterocycles. The van der Waals surface area contributed by atoms with E-state index in [0.717, 1.165) is 36.9 Å². The Morgan fingerprint density at radius 1 is 1.09 bits per heavy atom. The molecule has 0 radical (unpaired) electrons. The molecule has 2 aromatic rings. The van der Waals surface area contributed by atoms with Crippen molar-refractivity contribution in [2.45, 2.75) is 0 Å². The minimum absolute atomic E-state index is 0.263. The number of aliphatic carboxylic acids is 1. The number of aliphatic imine (C=N–C) groups is 1. The van der Waals surface area contributed by atoms with Crippen molar-refractivity contribution in [3.63, 3.8) is 0 Å². The Balaban J connectivity index is 1.40. The van der Waals surface area contributed by atoms with Crippen LogP contribution in [0.1, 0.15) is 5.56 Å². The maximum atomic E-state index is 12.5. The molecule has 1 N–H and O–H groups in total. The number of hydrogen-bond donors (Lipinski definition) is 1. The molecule has 1 amide bonds. The summed E-state index contributed by atoms with van der Waals surface area (Å²) in [7, 11) is 1.48. The van der Waals surface area contributed by atoms with Gasteiger partial charge in [0.2, 0.25) is 0 Å². The predicted octanol–water partition coefficient (Wildman–Crippen LogP) is 2.95. The van der Waals surface area contributed by atoms with Gasteiger partial charge in [-0.1, -0.05) is 24.3 Å². The van der Waals surface area contributed by atoms with E-state index < -0.39 is 12.6 Å². The van der Waals surface area contributed by atoms with Crippen LogP contribution in [0, 0.1) is 0 Å². The van der Waals surface area contributed by atoms with Crippen molar-refractivity contribution in [2.75, 3.05) is 44.8 Å². The van der Waals surface area contributed by atoms with Crippen LogP contribution in [0.15, 0.2) is 58.4 Å². The highest BCUT2D eigenvalue weighted by Gasteiger charge is 2.28. The highest BCUT2D eigenvalue weighted by atomic mass is 32.2. The van der Waals surface area contributed by atoms with E-state index in [1.165, 1.54) is 24.6 Å². The first kappa shape index (κ1) is 21.8. The smallest absolute Gasteiger partial charge is 0.341 e. The van der Waals surface area contributed by atoms with E-state index in [-0.39, 0.29) is 5.91 Å². The fourth-order valence-corrected chi connectivity index (χ4v) is 4.48. The molecule has 2 aliphatic heterocycles. The third-order valence-corrected chi connectivity index (χ3v) is 6.16. The molecule has 2 aliphatic rings. The summed E-state index contributed by atoms with van der Waals surface area (Å²) in [6.07, 6.45) is 1.76. The molecular weight excluding hydrogens is 430 g/mol. The van der Waals surface area contributed by atoms with E-state index in [0.29, 0.717) is 16.4 Å². The van der Waals surface area contributed by atoms with Gasteiger partial charge in [0, 0.05) is 31.9 Å². The zero-order valence-corrected chi connectivity index (χ0v) is 18.4. The third kappa shape index (κ3) is 5.05. The molecule has 9 heteroatoms. The molecule has 2 aromatic carbocycles.